The summed E-state index contributed by atoms with van der Waals surface area (Å²) in [5, 5.41) is 5.28. The Morgan fingerprint density at radius 1 is 1.21 bits per heavy atom. The minimum Gasteiger partial charge on any atom is -0.444 e. The van der Waals surface area contributed by atoms with Gasteiger partial charge >= 0.3 is 6.09 Å². The first-order valence-electron chi connectivity index (χ1n) is 9.05. The summed E-state index contributed by atoms with van der Waals surface area (Å²) >= 11 is 7.01. The second kappa shape index (κ2) is 9.58. The molecule has 2 N–H and O–H groups in total. The zero-order valence-corrected chi connectivity index (χ0v) is 18.2. The van der Waals surface area contributed by atoms with E-state index in [2.05, 4.69) is 15.5 Å². The molecule has 0 saturated carbocycles. The number of nitrogens with zero attached hydrogens (tertiary/aromatic N) is 2. The second-order valence-electron chi connectivity index (χ2n) is 7.64. The number of likely N-dealkylation sites (N-methyl/N-ethyl adjacent to an activating group) is 1. The molecule has 1 saturated heterocycles. The van der Waals surface area contributed by atoms with Crippen LogP contribution in [0.15, 0.2) is 12.1 Å². The Kier molecular flexibility index (Phi) is 7.68. The first-order valence-corrected chi connectivity index (χ1v) is 10.2. The van der Waals surface area contributed by atoms with Gasteiger partial charge in [-0.25, -0.2) is 4.79 Å². The third-order valence-corrected chi connectivity index (χ3v) is 5.30. The Hall–Kier alpha value is -1.84. The molecular weight excluding hydrogens is 404 g/mol. The first kappa shape index (κ1) is 22.4. The van der Waals surface area contributed by atoms with Gasteiger partial charge in [0.05, 0.1) is 9.21 Å². The molecule has 1 atom stereocenters. The standard InChI is InChI=1S/C18H27ClN4O4S/c1-18(2,3)27-17(26)21-12(16(25)23-9-7-22(4)8-10-23)11-20-15(24)13-5-6-14(19)28-13/h5-6,12H,7-11H2,1-4H3,(H,20,24)(H,21,26). The second-order valence-corrected chi connectivity index (χ2v) is 9.36. The maximum Gasteiger partial charge on any atom is 0.408 e. The normalized spacial score (nSPS) is 16.4. The van der Waals surface area contributed by atoms with E-state index >= 15 is 0 Å². The van der Waals surface area contributed by atoms with Gasteiger partial charge in [0.2, 0.25) is 5.91 Å². The molecule has 0 aliphatic carbocycles. The van der Waals surface area contributed by atoms with Gasteiger partial charge in [0, 0.05) is 32.7 Å². The molecule has 3 amide bonds. The lowest BCUT2D eigenvalue weighted by molar-refractivity contribution is -0.134. The molecule has 0 bridgehead atoms. The number of hydrogen-bond acceptors (Lipinski definition) is 6. The molecule has 2 rings (SSSR count). The topological polar surface area (TPSA) is 91.0 Å². The highest BCUT2D eigenvalue weighted by molar-refractivity contribution is 7.17. The summed E-state index contributed by atoms with van der Waals surface area (Å²) in [7, 11) is 1.99. The van der Waals surface area contributed by atoms with Crippen LogP contribution in [0.5, 0.6) is 0 Å². The van der Waals surface area contributed by atoms with Crippen molar-refractivity contribution in [2.45, 2.75) is 32.4 Å². The van der Waals surface area contributed by atoms with Crippen molar-refractivity contribution >= 4 is 40.8 Å². The van der Waals surface area contributed by atoms with Crippen molar-refractivity contribution in [3.63, 3.8) is 0 Å². The smallest absolute Gasteiger partial charge is 0.408 e. The molecule has 1 aromatic rings. The first-order chi connectivity index (χ1) is 13.0. The third-order valence-electron chi connectivity index (χ3n) is 4.07. The van der Waals surface area contributed by atoms with Crippen LogP contribution < -0.4 is 10.6 Å². The molecule has 0 aromatic carbocycles. The van der Waals surface area contributed by atoms with Gasteiger partial charge in [0.15, 0.2) is 0 Å². The van der Waals surface area contributed by atoms with Crippen molar-refractivity contribution in [2.24, 2.45) is 0 Å². The van der Waals surface area contributed by atoms with Gasteiger partial charge in [-0.3, -0.25) is 9.59 Å². The summed E-state index contributed by atoms with van der Waals surface area (Å²) in [6.45, 7) is 7.83. The molecular formula is C18H27ClN4O4S. The van der Waals surface area contributed by atoms with E-state index in [9.17, 15) is 14.4 Å². The minimum atomic E-state index is -0.919. The maximum absolute atomic E-state index is 12.9. The lowest BCUT2D eigenvalue weighted by atomic mass is 10.2. The van der Waals surface area contributed by atoms with E-state index in [-0.39, 0.29) is 18.4 Å². The van der Waals surface area contributed by atoms with Crippen LogP contribution in [-0.4, -0.2) is 79.1 Å². The van der Waals surface area contributed by atoms with E-state index in [4.69, 9.17) is 16.3 Å². The Bertz CT molecular complexity index is 711. The summed E-state index contributed by atoms with van der Waals surface area (Å²) in [6.07, 6.45) is -0.701. The minimum absolute atomic E-state index is 0.0429. The summed E-state index contributed by atoms with van der Waals surface area (Å²) in [4.78, 5) is 41.7. The molecule has 1 aliphatic heterocycles. The fraction of sp³-hybridized carbons (Fsp3) is 0.611. The monoisotopic (exact) mass is 430 g/mol. The van der Waals surface area contributed by atoms with Crippen LogP contribution >= 0.6 is 22.9 Å². The molecule has 1 aromatic heterocycles. The highest BCUT2D eigenvalue weighted by atomic mass is 35.5. The number of hydrogen-bond donors (Lipinski definition) is 2. The molecule has 1 fully saturated rings. The molecule has 10 heteroatoms. The Balaban J connectivity index is 2.03. The maximum atomic E-state index is 12.9. The summed E-state index contributed by atoms with van der Waals surface area (Å²) < 4.78 is 5.76. The van der Waals surface area contributed by atoms with Crippen molar-refractivity contribution < 1.29 is 19.1 Å². The number of ether oxygens (including phenoxy) is 1. The number of piperazine rings is 1. The van der Waals surface area contributed by atoms with Gasteiger partial charge < -0.3 is 25.2 Å². The average molecular weight is 431 g/mol. The molecule has 1 unspecified atom stereocenters. The largest absolute Gasteiger partial charge is 0.444 e. The van der Waals surface area contributed by atoms with Gasteiger partial charge in [0.25, 0.3) is 5.91 Å². The van der Waals surface area contributed by atoms with Gasteiger partial charge in [-0.1, -0.05) is 11.6 Å². The summed E-state index contributed by atoms with van der Waals surface area (Å²) in [6, 6.07) is 2.33. The number of rotatable bonds is 5. The molecule has 0 radical (unpaired) electrons. The van der Waals surface area contributed by atoms with Crippen molar-refractivity contribution in [1.82, 2.24) is 20.4 Å². The summed E-state index contributed by atoms with van der Waals surface area (Å²) in [5.41, 5.74) is -0.692. The van der Waals surface area contributed by atoms with E-state index < -0.39 is 17.7 Å². The number of carbonyl (C=O) groups is 3. The van der Waals surface area contributed by atoms with Crippen LogP contribution in [0.1, 0.15) is 30.4 Å². The fourth-order valence-electron chi connectivity index (χ4n) is 2.62. The van der Waals surface area contributed by atoms with Crippen LogP contribution in [-0.2, 0) is 9.53 Å². The van der Waals surface area contributed by atoms with Gasteiger partial charge in [0.1, 0.15) is 11.6 Å². The Morgan fingerprint density at radius 3 is 2.39 bits per heavy atom. The molecule has 156 valence electrons. The zero-order chi connectivity index (χ0) is 20.9. The number of thiophene rings is 1. The lowest BCUT2D eigenvalue weighted by Gasteiger charge is -2.35. The quantitative estimate of drug-likeness (QED) is 0.743. The third kappa shape index (κ3) is 6.96. The Morgan fingerprint density at radius 2 is 1.86 bits per heavy atom. The van der Waals surface area contributed by atoms with Crippen LogP contribution in [0.25, 0.3) is 0 Å². The van der Waals surface area contributed by atoms with E-state index in [1.54, 1.807) is 37.8 Å². The highest BCUT2D eigenvalue weighted by Crippen LogP contribution is 2.21. The number of amides is 3. The SMILES string of the molecule is CN1CCN(C(=O)C(CNC(=O)c2ccc(Cl)s2)NC(=O)OC(C)(C)C)CC1. The molecule has 8 nitrogen and oxygen atoms in total. The van der Waals surface area contributed by atoms with E-state index in [0.717, 1.165) is 24.4 Å². The number of alkyl carbamates (subject to hydrolysis) is 1. The molecule has 1 aliphatic rings. The number of nitrogens with one attached hydrogen (secondary N) is 2. The van der Waals surface area contributed by atoms with Crippen LogP contribution in [0, 0.1) is 0 Å². The van der Waals surface area contributed by atoms with E-state index in [1.807, 2.05) is 7.05 Å². The lowest BCUT2D eigenvalue weighted by Crippen LogP contribution is -2.57. The van der Waals surface area contributed by atoms with E-state index in [0.29, 0.717) is 22.3 Å². The van der Waals surface area contributed by atoms with Gasteiger partial charge in [-0.15, -0.1) is 11.3 Å². The van der Waals surface area contributed by atoms with Gasteiger partial charge in [-0.2, -0.15) is 0 Å². The van der Waals surface area contributed by atoms with Gasteiger partial charge in [-0.05, 0) is 40.0 Å². The van der Waals surface area contributed by atoms with Crippen LogP contribution in [0.3, 0.4) is 0 Å². The fourth-order valence-corrected chi connectivity index (χ4v) is 3.57. The van der Waals surface area contributed by atoms with E-state index in [1.165, 1.54) is 0 Å². The number of halogens is 1. The van der Waals surface area contributed by atoms with Crippen LogP contribution in [0.4, 0.5) is 4.79 Å². The zero-order valence-electron chi connectivity index (χ0n) is 16.6. The van der Waals surface area contributed by atoms with Crippen molar-refractivity contribution in [3.05, 3.63) is 21.3 Å². The molecule has 0 spiro atoms. The number of carbonyl (C=O) groups excluding carboxylic acids is 3. The van der Waals surface area contributed by atoms with Crippen molar-refractivity contribution in [3.8, 4) is 0 Å². The molecule has 2 heterocycles. The summed E-state index contributed by atoms with van der Waals surface area (Å²) in [5.74, 6) is -0.595. The Labute approximate surface area is 174 Å². The van der Waals surface area contributed by atoms with Crippen LogP contribution in [0.2, 0.25) is 4.34 Å². The predicted octanol–water partition coefficient (Wildman–Crippen LogP) is 1.80. The highest BCUT2D eigenvalue weighted by Gasteiger charge is 2.30. The van der Waals surface area contributed by atoms with Crippen molar-refractivity contribution in [2.75, 3.05) is 39.8 Å². The molecule has 28 heavy (non-hydrogen) atoms. The average Bonchev–Trinajstić information content (AvgIpc) is 3.03. The van der Waals surface area contributed by atoms with Crippen molar-refractivity contribution in [1.29, 1.82) is 0 Å². The predicted molar refractivity (Wildman–Crippen MR) is 109 cm³/mol.